The summed E-state index contributed by atoms with van der Waals surface area (Å²) in [7, 11) is 1.23. The third kappa shape index (κ3) is 3.25. The van der Waals surface area contributed by atoms with Gasteiger partial charge in [0, 0.05) is 12.4 Å². The molecule has 0 radical (unpaired) electrons. The molecule has 2 aliphatic rings. The number of methoxy groups -OCH3 is 1. The van der Waals surface area contributed by atoms with Gasteiger partial charge in [-0.3, -0.25) is 9.59 Å². The fraction of sp³-hybridized carbons (Fsp3) is 0.143. The van der Waals surface area contributed by atoms with E-state index in [1.807, 2.05) is 42.5 Å². The van der Waals surface area contributed by atoms with Crippen molar-refractivity contribution in [2.75, 3.05) is 7.11 Å². The molecule has 0 spiro atoms. The Kier molecular flexibility index (Phi) is 4.59. The van der Waals surface area contributed by atoms with Gasteiger partial charge in [0.15, 0.2) is 0 Å². The second-order valence-electron chi connectivity index (χ2n) is 6.61. The second kappa shape index (κ2) is 7.23. The molecule has 2 aromatic rings. The van der Waals surface area contributed by atoms with Gasteiger partial charge in [-0.15, -0.1) is 0 Å². The molecule has 0 saturated heterocycles. The number of ether oxygens (including phenoxy) is 1. The molecule has 146 valence electrons. The molecule has 2 N–H and O–H groups in total. The van der Waals surface area contributed by atoms with Crippen molar-refractivity contribution in [1.29, 1.82) is 0 Å². The highest BCUT2D eigenvalue weighted by atomic mass is 16.5. The number of hydrogen-bond donors (Lipinski definition) is 2. The Balaban J connectivity index is 1.99. The Hall–Kier alpha value is -3.94. The summed E-state index contributed by atoms with van der Waals surface area (Å²) in [5.74, 6) is -1.67. The monoisotopic (exact) mass is 391 g/mol. The zero-order chi connectivity index (χ0) is 20.5. The molecular weight excluding hydrogens is 374 g/mol. The average Bonchev–Trinajstić information content (AvgIpc) is 3.11. The summed E-state index contributed by atoms with van der Waals surface area (Å²) in [5, 5.41) is 17.6. The highest BCUT2D eigenvalue weighted by Gasteiger charge is 2.26. The Bertz CT molecular complexity index is 1250. The fourth-order valence-corrected chi connectivity index (χ4v) is 3.58. The van der Waals surface area contributed by atoms with Crippen molar-refractivity contribution in [3.63, 3.8) is 0 Å². The van der Waals surface area contributed by atoms with Gasteiger partial charge in [0.05, 0.1) is 25.1 Å². The number of carboxylic acids is 1. The third-order valence-electron chi connectivity index (χ3n) is 4.90. The van der Waals surface area contributed by atoms with Gasteiger partial charge in [0.25, 0.3) is 5.56 Å². The molecule has 2 aromatic carbocycles. The maximum absolute atomic E-state index is 12.3. The molecule has 0 bridgehead atoms. The van der Waals surface area contributed by atoms with E-state index in [-0.39, 0.29) is 23.2 Å². The van der Waals surface area contributed by atoms with E-state index in [2.05, 4.69) is 10.2 Å². The molecule has 1 atom stereocenters. The Morgan fingerprint density at radius 3 is 2.69 bits per heavy atom. The van der Waals surface area contributed by atoms with Gasteiger partial charge in [-0.2, -0.15) is 5.10 Å². The maximum Gasteiger partial charge on any atom is 0.341 e. The minimum absolute atomic E-state index is 0.0824. The molecular formula is C21H17N3O5. The van der Waals surface area contributed by atoms with E-state index >= 15 is 0 Å². The fourth-order valence-electron chi connectivity index (χ4n) is 3.58. The molecule has 2 aliphatic heterocycles. The molecule has 0 unspecified atom stereocenters. The van der Waals surface area contributed by atoms with Crippen molar-refractivity contribution < 1.29 is 19.4 Å². The number of hydrogen-bond acceptors (Lipinski definition) is 5. The number of H-pyrrole nitrogens is 1. The highest BCUT2D eigenvalue weighted by molar-refractivity contribution is 5.96. The van der Waals surface area contributed by atoms with Crippen molar-refractivity contribution in [1.82, 2.24) is 14.8 Å². The Morgan fingerprint density at radius 2 is 1.93 bits per heavy atom. The highest BCUT2D eigenvalue weighted by Crippen LogP contribution is 2.32. The predicted octanol–water partition coefficient (Wildman–Crippen LogP) is 2.68. The topological polar surface area (TPSA) is 114 Å². The summed E-state index contributed by atoms with van der Waals surface area (Å²) in [6.45, 7) is 0. The average molecular weight is 391 g/mol. The lowest BCUT2D eigenvalue weighted by molar-refractivity contribution is -0.137. The van der Waals surface area contributed by atoms with Crippen molar-refractivity contribution in [2.24, 2.45) is 0 Å². The van der Waals surface area contributed by atoms with Crippen LogP contribution in [-0.4, -0.2) is 38.9 Å². The number of nitrogens with zero attached hydrogens (tertiary/aromatic N) is 2. The van der Waals surface area contributed by atoms with Crippen LogP contribution in [0.25, 0.3) is 22.0 Å². The standard InChI is InChI=1S/C21H17N3O5/c1-29-21(28)16-11-24(10-15-19(16)22-23-20(15)27)17(9-18(25)26)14-8-4-6-12-5-2-3-7-13(12)14/h2-8,10-11,17H,9H2,1H3,(H,23,27)(H,25,26)/t17-/m1/s1. The number of carbonyl (C=O) groups is 2. The number of aliphatic carboxylic acids is 1. The molecule has 29 heavy (non-hydrogen) atoms. The molecule has 0 saturated carbocycles. The zero-order valence-electron chi connectivity index (χ0n) is 15.5. The third-order valence-corrected chi connectivity index (χ3v) is 4.90. The van der Waals surface area contributed by atoms with Crippen LogP contribution >= 0.6 is 0 Å². The van der Waals surface area contributed by atoms with Gasteiger partial charge >= 0.3 is 11.9 Å². The van der Waals surface area contributed by atoms with Crippen LogP contribution in [0.1, 0.15) is 28.4 Å². The molecule has 0 aliphatic carbocycles. The maximum atomic E-state index is 12.3. The number of aromatic amines is 1. The van der Waals surface area contributed by atoms with Gasteiger partial charge in [0.2, 0.25) is 0 Å². The van der Waals surface area contributed by atoms with Crippen LogP contribution < -0.4 is 5.56 Å². The lowest BCUT2D eigenvalue weighted by Crippen LogP contribution is -2.19. The zero-order valence-corrected chi connectivity index (χ0v) is 15.5. The largest absolute Gasteiger partial charge is 0.481 e. The first-order valence-electron chi connectivity index (χ1n) is 8.87. The van der Waals surface area contributed by atoms with Gasteiger partial charge in [-0.1, -0.05) is 42.5 Å². The Morgan fingerprint density at radius 1 is 1.17 bits per heavy atom. The van der Waals surface area contributed by atoms with E-state index in [1.165, 1.54) is 19.5 Å². The summed E-state index contributed by atoms with van der Waals surface area (Å²) in [6, 6.07) is 12.6. The quantitative estimate of drug-likeness (QED) is 0.506. The molecule has 0 amide bonds. The summed E-state index contributed by atoms with van der Waals surface area (Å²) < 4.78 is 6.39. The predicted molar refractivity (Wildman–Crippen MR) is 105 cm³/mol. The van der Waals surface area contributed by atoms with Crippen LogP contribution in [0.5, 0.6) is 0 Å². The number of nitrogens with one attached hydrogen (secondary N) is 1. The molecule has 4 rings (SSSR count). The summed E-state index contributed by atoms with van der Waals surface area (Å²) >= 11 is 0. The van der Waals surface area contributed by atoms with Crippen LogP contribution in [0.15, 0.2) is 59.7 Å². The first kappa shape index (κ1) is 18.4. The van der Waals surface area contributed by atoms with Crippen LogP contribution in [0.4, 0.5) is 0 Å². The van der Waals surface area contributed by atoms with Gasteiger partial charge in [-0.25, -0.2) is 9.89 Å². The lowest BCUT2D eigenvalue weighted by atomic mass is 9.96. The molecule has 0 aromatic heterocycles. The number of rotatable bonds is 5. The smallest absolute Gasteiger partial charge is 0.341 e. The molecule has 8 nitrogen and oxygen atoms in total. The number of benzene rings is 2. The molecule has 0 fully saturated rings. The number of carboxylic acid groups (broad SMARTS) is 1. The number of pyridine rings is 1. The van der Waals surface area contributed by atoms with E-state index in [9.17, 15) is 19.5 Å². The second-order valence-corrected chi connectivity index (χ2v) is 6.61. The molecule has 8 heteroatoms. The normalized spacial score (nSPS) is 12.2. The number of esters is 1. The van der Waals surface area contributed by atoms with Crippen LogP contribution in [-0.2, 0) is 9.53 Å². The van der Waals surface area contributed by atoms with E-state index in [4.69, 9.17) is 4.74 Å². The van der Waals surface area contributed by atoms with E-state index in [1.54, 1.807) is 4.57 Å². The summed E-state index contributed by atoms with van der Waals surface area (Å²) in [5.41, 5.74) is 0.751. The number of fused-ring (bicyclic) bond motifs is 2. The van der Waals surface area contributed by atoms with Crippen LogP contribution in [0.2, 0.25) is 0 Å². The van der Waals surface area contributed by atoms with Crippen molar-refractivity contribution >= 4 is 22.7 Å². The van der Waals surface area contributed by atoms with E-state index < -0.39 is 23.5 Å². The van der Waals surface area contributed by atoms with Crippen molar-refractivity contribution in [3.05, 3.63) is 76.3 Å². The minimum atomic E-state index is -1.01. The van der Waals surface area contributed by atoms with Crippen LogP contribution in [0, 0.1) is 0 Å². The lowest BCUT2D eigenvalue weighted by Gasteiger charge is -2.23. The number of aromatic nitrogens is 3. The van der Waals surface area contributed by atoms with E-state index in [0.29, 0.717) is 0 Å². The Labute approximate surface area is 164 Å². The van der Waals surface area contributed by atoms with Gasteiger partial charge < -0.3 is 14.4 Å². The van der Waals surface area contributed by atoms with Gasteiger partial charge in [-0.05, 0) is 16.3 Å². The first-order chi connectivity index (χ1) is 14.0. The first-order valence-corrected chi connectivity index (χ1v) is 8.87. The SMILES string of the molecule is COC(=O)c1cn([C@H](CC(=O)O)c2cccc3ccccc23)cc2c(=O)[nH]nc1-2. The number of carbonyl (C=O) groups excluding carboxylic acids is 1. The minimum Gasteiger partial charge on any atom is -0.481 e. The van der Waals surface area contributed by atoms with Crippen LogP contribution in [0.3, 0.4) is 0 Å². The van der Waals surface area contributed by atoms with Crippen molar-refractivity contribution in [2.45, 2.75) is 12.5 Å². The van der Waals surface area contributed by atoms with E-state index in [0.717, 1.165) is 16.3 Å². The molecule has 2 heterocycles. The summed E-state index contributed by atoms with van der Waals surface area (Å²) in [4.78, 5) is 36.1. The van der Waals surface area contributed by atoms with Crippen molar-refractivity contribution in [3.8, 4) is 11.3 Å². The summed E-state index contributed by atoms with van der Waals surface area (Å²) in [6.07, 6.45) is 2.75. The van der Waals surface area contributed by atoms with Gasteiger partial charge in [0.1, 0.15) is 11.3 Å².